The van der Waals surface area contributed by atoms with Crippen LogP contribution in [0.15, 0.2) is 333 Å². The minimum absolute atomic E-state index is 0.0651. The van der Waals surface area contributed by atoms with E-state index in [0.29, 0.717) is 44.5 Å². The second-order valence-corrected chi connectivity index (χ2v) is 32.9. The Bertz CT molecular complexity index is 5990. The molecule has 0 radical (unpaired) electrons. The van der Waals surface area contributed by atoms with E-state index in [1.165, 1.54) is 50.1 Å². The Kier molecular flexibility index (Phi) is 19.1. The maximum Gasteiger partial charge on any atom is 0.0629 e. The highest BCUT2D eigenvalue weighted by molar-refractivity contribution is 5.83. The summed E-state index contributed by atoms with van der Waals surface area (Å²) in [6, 6.07) is 61.3. The van der Waals surface area contributed by atoms with Crippen molar-refractivity contribution >= 4 is 0 Å². The molecule has 0 aliphatic rings. The molecule has 0 nitrogen and oxygen atoms in total. The van der Waals surface area contributed by atoms with Gasteiger partial charge in [0.25, 0.3) is 0 Å². The van der Waals surface area contributed by atoms with Gasteiger partial charge >= 0.3 is 0 Å². The maximum atomic E-state index is 8.52. The lowest BCUT2D eigenvalue weighted by molar-refractivity contribution is 0.577. The molecule has 0 atom stereocenters. The lowest BCUT2D eigenvalue weighted by atomic mass is 9.77. The van der Waals surface area contributed by atoms with E-state index in [2.05, 4.69) is 214 Å². The summed E-state index contributed by atoms with van der Waals surface area (Å²) >= 11 is 0. The van der Waals surface area contributed by atoms with Crippen molar-refractivity contribution in [2.45, 2.75) is 191 Å². The third kappa shape index (κ3) is 23.2. The zero-order valence-corrected chi connectivity index (χ0v) is 67.1. The minimum atomic E-state index is -0.608. The predicted octanol–water partition coefficient (Wildman–Crippen LogP) is 31.3. The van der Waals surface area contributed by atoms with Crippen LogP contribution in [0.25, 0.3) is 77.9 Å². The smallest absolute Gasteiger partial charge is 0.0622 e. The topological polar surface area (TPSA) is 0 Å². The minimum Gasteiger partial charge on any atom is -0.0622 e. The second kappa shape index (κ2) is 36.9. The first-order valence-corrected chi connectivity index (χ1v) is 36.7. The third-order valence-electron chi connectivity index (χ3n) is 17.7. The first kappa shape index (κ1) is 55.3. The van der Waals surface area contributed by atoms with Crippen molar-refractivity contribution in [2.24, 2.45) is 0 Å². The average molecular weight is 1430 g/mol. The molecule has 0 heteroatoms. The molecule has 13 rings (SSSR count). The number of hydrogen-bond donors (Lipinski definition) is 0. The van der Waals surface area contributed by atoms with Crippen molar-refractivity contribution in [3.8, 4) is 77.9 Å². The van der Waals surface area contributed by atoms with E-state index in [0.717, 1.165) is 11.1 Å². The summed E-state index contributed by atoms with van der Waals surface area (Å²) in [4.78, 5) is 0. The maximum absolute atomic E-state index is 8.52. The molecular formula is C107H122. The molecule has 0 N–H and O–H groups in total. The quantitative estimate of drug-likeness (QED) is 0.142. The van der Waals surface area contributed by atoms with Gasteiger partial charge in [-0.1, -0.05) is 477 Å². The van der Waals surface area contributed by atoms with Crippen molar-refractivity contribution in [2.75, 3.05) is 0 Å². The van der Waals surface area contributed by atoms with E-state index in [9.17, 15) is 0 Å². The molecule has 13 aromatic rings. The summed E-state index contributed by atoms with van der Waals surface area (Å²) in [6.07, 6.45) is 0. The molecule has 107 heavy (non-hydrogen) atoms. The molecule has 13 aromatic carbocycles. The van der Waals surface area contributed by atoms with Gasteiger partial charge in [-0.15, -0.1) is 0 Å². The van der Waals surface area contributed by atoms with Crippen LogP contribution in [0, 0.1) is 13.8 Å². The fourth-order valence-electron chi connectivity index (χ4n) is 12.8. The normalized spacial score (nSPS) is 14.7. The summed E-state index contributed by atoms with van der Waals surface area (Å²) in [5.74, 6) is -0.510. The standard InChI is InChI=1S/C23H24.C22H22.C17H20.2C16H18.C13H20/c1-17-11-8-9-14-19(17)21-16-10-15-20(22(21)23(2,3)4)18-12-6-5-7-13-18;1-22(2,3)21-19(17-11-6-4-7-12-17)15-10-16-20(21)18-13-8-5-9-14-18;1-13-10-11-15(14-8-6-5-7-9-14)16(12-13)17(2,3)4;2*1-16(2,3)15-12-8-7-11-14(15)13-9-5-4-6-10-13;1-10(2)11-8-6-7-9-12(11)13(3,4)5/h5-16H,1-4H3;4-16H,1-3H3;5-12H,1-4H3;2*4-12H,1-3H3;6-10H,1-5H3/i5D,6D,7D,8D,9D,11D,12D,13D,14D;;5D,6D,7D,8D,9D,10D,11D,12D;4D,5D,6D,9D,10D;;10D. The molecule has 0 amide bonds. The van der Waals surface area contributed by atoms with E-state index in [1.807, 2.05) is 106 Å². The molecule has 0 aliphatic heterocycles. The molecule has 0 fully saturated rings. The summed E-state index contributed by atoms with van der Waals surface area (Å²) in [6.45, 7) is 44.7. The van der Waals surface area contributed by atoms with Crippen molar-refractivity contribution < 1.29 is 31.5 Å². The van der Waals surface area contributed by atoms with Crippen LogP contribution in [0.5, 0.6) is 0 Å². The lowest BCUT2D eigenvalue weighted by Crippen LogP contribution is -2.15. The molecule has 0 heterocycles. The summed E-state index contributed by atoms with van der Waals surface area (Å²) in [5.41, 5.74) is 17.2. The zero-order valence-electron chi connectivity index (χ0n) is 90.1. The van der Waals surface area contributed by atoms with Crippen LogP contribution in [0.4, 0.5) is 0 Å². The van der Waals surface area contributed by atoms with Crippen LogP contribution >= 0.6 is 0 Å². The molecule has 0 saturated carbocycles. The Morgan fingerprint density at radius 2 is 0.533 bits per heavy atom. The Morgan fingerprint density at radius 1 is 0.234 bits per heavy atom. The van der Waals surface area contributed by atoms with Crippen molar-refractivity contribution in [1.82, 2.24) is 0 Å². The van der Waals surface area contributed by atoms with Crippen molar-refractivity contribution in [3.05, 3.63) is 383 Å². The number of hydrogen-bond acceptors (Lipinski definition) is 0. The van der Waals surface area contributed by atoms with E-state index >= 15 is 0 Å². The van der Waals surface area contributed by atoms with E-state index < -0.39 is 65.1 Å². The van der Waals surface area contributed by atoms with Gasteiger partial charge in [0.2, 0.25) is 0 Å². The predicted molar refractivity (Wildman–Crippen MR) is 472 cm³/mol. The van der Waals surface area contributed by atoms with Crippen LogP contribution < -0.4 is 0 Å². The Balaban J connectivity index is 0.000000196. The number of benzene rings is 13. The van der Waals surface area contributed by atoms with Gasteiger partial charge in [0.05, 0.1) is 30.2 Å². The molecule has 0 bridgehead atoms. The first-order valence-electron chi connectivity index (χ1n) is 48.2. The molecule has 0 aromatic heterocycles. The molecule has 0 saturated heterocycles. The zero-order chi connectivity index (χ0) is 97.8. The van der Waals surface area contributed by atoms with Crippen LogP contribution in [0.2, 0.25) is 0 Å². The van der Waals surface area contributed by atoms with E-state index in [4.69, 9.17) is 31.5 Å². The van der Waals surface area contributed by atoms with Gasteiger partial charge in [0.15, 0.2) is 0 Å². The monoisotopic (exact) mass is 1430 g/mol. The van der Waals surface area contributed by atoms with Crippen LogP contribution in [-0.4, -0.2) is 0 Å². The average Bonchev–Trinajstić information content (AvgIpc) is 0.735. The highest BCUT2D eigenvalue weighted by Gasteiger charge is 2.27. The first-order chi connectivity index (χ1) is 60.1. The van der Waals surface area contributed by atoms with Gasteiger partial charge in [-0.3, -0.25) is 0 Å². The summed E-state index contributed by atoms with van der Waals surface area (Å²) < 4.78 is 186. The molecular weight excluding hydrogens is 1290 g/mol. The Hall–Kier alpha value is -10.1. The highest BCUT2D eigenvalue weighted by Crippen LogP contribution is 2.44. The van der Waals surface area contributed by atoms with E-state index in [-0.39, 0.29) is 129 Å². The molecule has 550 valence electrons. The van der Waals surface area contributed by atoms with Gasteiger partial charge in [0, 0.05) is 1.37 Å². The summed E-state index contributed by atoms with van der Waals surface area (Å²) in [7, 11) is 0. The Labute approximate surface area is 680 Å². The third-order valence-corrected chi connectivity index (χ3v) is 17.7. The van der Waals surface area contributed by atoms with Crippen LogP contribution in [0.3, 0.4) is 0 Å². The van der Waals surface area contributed by atoms with Crippen molar-refractivity contribution in [1.29, 1.82) is 0 Å². The van der Waals surface area contributed by atoms with Crippen LogP contribution in [-0.2, 0) is 32.5 Å². The molecule has 0 aliphatic carbocycles. The lowest BCUT2D eigenvalue weighted by Gasteiger charge is -2.27. The van der Waals surface area contributed by atoms with Gasteiger partial charge in [0.1, 0.15) is 0 Å². The molecule has 0 spiro atoms. The van der Waals surface area contributed by atoms with E-state index in [1.54, 1.807) is 32.0 Å². The largest absolute Gasteiger partial charge is 0.0629 e. The van der Waals surface area contributed by atoms with Gasteiger partial charge < -0.3 is 0 Å². The summed E-state index contributed by atoms with van der Waals surface area (Å²) in [5, 5.41) is 0. The van der Waals surface area contributed by atoms with Gasteiger partial charge in [-0.2, -0.15) is 0 Å². The van der Waals surface area contributed by atoms with Crippen molar-refractivity contribution in [3.63, 3.8) is 0 Å². The fraction of sp³-hybridized carbons (Fsp3) is 0.271. The van der Waals surface area contributed by atoms with Crippen LogP contribution in [0.1, 0.15) is 226 Å². The second-order valence-electron chi connectivity index (χ2n) is 32.9. The van der Waals surface area contributed by atoms with Gasteiger partial charge in [-0.25, -0.2) is 0 Å². The highest BCUT2D eigenvalue weighted by atomic mass is 14.3. The molecule has 0 unspecified atom stereocenters. The van der Waals surface area contributed by atoms with Gasteiger partial charge in [-0.05, 0) is 175 Å². The fourth-order valence-corrected chi connectivity index (χ4v) is 12.8. The number of rotatable bonds is 8. The Morgan fingerprint density at radius 3 is 0.925 bits per heavy atom. The SMILES string of the molecule is CC(C)(C)c1c(-c2ccccc2)cccc1-c1ccccc1.CC(C)(C)c1ccccc1-c1ccccc1.[2H]C(C)(C)c1ccccc1C(C)(C)C.[2H]c1c([2H])c([2H])c(-c2c([2H])c([2H])c(C)c([2H])c2C(C)(C)C)c([2H])c1[2H].[2H]c1c([2H])c([2H])c(-c2cccc(-c3c([2H])c([2H])c([2H])c([2H])c3C)c2C(C)(C)C)c([2H])c1[2H].[2H]c1c([2H])c([2H])c(-c2ccccc2C(C)(C)C)c([2H])c1[2H].